The van der Waals surface area contributed by atoms with Crippen LogP contribution in [-0.4, -0.2) is 47.8 Å². The lowest BCUT2D eigenvalue weighted by atomic mass is 10.1. The minimum absolute atomic E-state index is 0.148. The van der Waals surface area contributed by atoms with E-state index in [1.165, 1.54) is 0 Å². The molecule has 1 aliphatic rings. The molecular weight excluding hydrogens is 194 g/mol. The van der Waals surface area contributed by atoms with Crippen LogP contribution in [0, 0.1) is 0 Å². The maximum absolute atomic E-state index is 11.3. The summed E-state index contributed by atoms with van der Waals surface area (Å²) in [4.78, 5) is 13.4. The summed E-state index contributed by atoms with van der Waals surface area (Å²) in [5, 5.41) is 9.51. The van der Waals surface area contributed by atoms with Gasteiger partial charge in [-0.25, -0.2) is 0 Å². The van der Waals surface area contributed by atoms with Crippen LogP contribution in [0.3, 0.4) is 0 Å². The van der Waals surface area contributed by atoms with Crippen molar-refractivity contribution in [1.29, 1.82) is 0 Å². The van der Waals surface area contributed by atoms with Gasteiger partial charge >= 0.3 is 5.97 Å². The Morgan fingerprint density at radius 2 is 2.40 bits per heavy atom. The second-order valence-corrected chi connectivity index (χ2v) is 4.15. The van der Waals surface area contributed by atoms with Gasteiger partial charge in [0.25, 0.3) is 0 Å². The quantitative estimate of drug-likeness (QED) is 0.704. The van der Waals surface area contributed by atoms with Crippen molar-refractivity contribution in [3.63, 3.8) is 0 Å². The number of aliphatic hydroxyl groups excluding tert-OH is 1. The third kappa shape index (κ3) is 4.18. The van der Waals surface area contributed by atoms with Crippen LogP contribution in [0.25, 0.3) is 0 Å². The van der Waals surface area contributed by atoms with E-state index in [0.717, 1.165) is 19.4 Å². The number of esters is 1. The Morgan fingerprint density at radius 1 is 1.67 bits per heavy atom. The summed E-state index contributed by atoms with van der Waals surface area (Å²) in [6.45, 7) is 5.91. The first-order valence-corrected chi connectivity index (χ1v) is 5.71. The van der Waals surface area contributed by atoms with Crippen molar-refractivity contribution >= 4 is 5.97 Å². The molecule has 1 fully saturated rings. The molecule has 2 atom stereocenters. The van der Waals surface area contributed by atoms with Crippen molar-refractivity contribution in [2.45, 2.75) is 45.3 Å². The molecule has 2 unspecified atom stereocenters. The summed E-state index contributed by atoms with van der Waals surface area (Å²) in [5.41, 5.74) is 0. The lowest BCUT2D eigenvalue weighted by Gasteiger charge is -2.34. The maximum Gasteiger partial charge on any atom is 0.307 e. The number of rotatable bonds is 4. The number of aliphatic hydroxyl groups is 1. The van der Waals surface area contributed by atoms with Crippen molar-refractivity contribution in [2.75, 3.05) is 19.7 Å². The smallest absolute Gasteiger partial charge is 0.307 e. The number of hydrogen-bond donors (Lipinski definition) is 1. The van der Waals surface area contributed by atoms with Crippen LogP contribution in [0.2, 0.25) is 0 Å². The van der Waals surface area contributed by atoms with E-state index < -0.39 is 0 Å². The second-order valence-electron chi connectivity index (χ2n) is 4.15. The van der Waals surface area contributed by atoms with Gasteiger partial charge in [0.05, 0.1) is 19.1 Å². The predicted molar refractivity (Wildman–Crippen MR) is 57.5 cm³/mol. The fraction of sp³-hybridized carbons (Fsp3) is 0.909. The third-order valence-corrected chi connectivity index (χ3v) is 2.82. The fourth-order valence-corrected chi connectivity index (χ4v) is 1.97. The summed E-state index contributed by atoms with van der Waals surface area (Å²) >= 11 is 0. The van der Waals surface area contributed by atoms with Gasteiger partial charge in [-0.05, 0) is 33.2 Å². The average Bonchev–Trinajstić information content (AvgIpc) is 2.18. The first kappa shape index (κ1) is 12.5. The largest absolute Gasteiger partial charge is 0.466 e. The minimum atomic E-state index is -0.233. The Hall–Kier alpha value is -0.610. The Labute approximate surface area is 91.2 Å². The molecule has 0 aromatic rings. The number of carbonyl (C=O) groups excluding carboxylic acids is 1. The molecule has 0 bridgehead atoms. The maximum atomic E-state index is 11.3. The van der Waals surface area contributed by atoms with Crippen LogP contribution in [0.1, 0.15) is 33.1 Å². The van der Waals surface area contributed by atoms with E-state index in [9.17, 15) is 9.90 Å². The van der Waals surface area contributed by atoms with Crippen LogP contribution in [0.5, 0.6) is 0 Å². The normalized spacial score (nSPS) is 24.9. The van der Waals surface area contributed by atoms with Crippen molar-refractivity contribution in [2.24, 2.45) is 0 Å². The lowest BCUT2D eigenvalue weighted by Crippen LogP contribution is -2.44. The van der Waals surface area contributed by atoms with Gasteiger partial charge in [0, 0.05) is 12.6 Å². The number of ether oxygens (including phenoxy) is 1. The van der Waals surface area contributed by atoms with E-state index >= 15 is 0 Å². The Kier molecular flexibility index (Phi) is 5.05. The predicted octanol–water partition coefficient (Wildman–Crippen LogP) is 0.785. The van der Waals surface area contributed by atoms with Crippen LogP contribution in [-0.2, 0) is 9.53 Å². The zero-order valence-corrected chi connectivity index (χ0v) is 9.61. The number of hydrogen-bond acceptors (Lipinski definition) is 4. The van der Waals surface area contributed by atoms with E-state index in [4.69, 9.17) is 4.74 Å². The van der Waals surface area contributed by atoms with Gasteiger partial charge in [0.15, 0.2) is 0 Å². The molecule has 0 aromatic heterocycles. The molecule has 4 heteroatoms. The van der Waals surface area contributed by atoms with Crippen molar-refractivity contribution in [3.8, 4) is 0 Å². The van der Waals surface area contributed by atoms with Gasteiger partial charge in [-0.1, -0.05) is 0 Å². The molecule has 1 N–H and O–H groups in total. The molecule has 15 heavy (non-hydrogen) atoms. The van der Waals surface area contributed by atoms with Gasteiger partial charge in [-0.2, -0.15) is 0 Å². The van der Waals surface area contributed by atoms with Gasteiger partial charge in [-0.15, -0.1) is 0 Å². The van der Waals surface area contributed by atoms with E-state index in [1.54, 1.807) is 0 Å². The summed E-state index contributed by atoms with van der Waals surface area (Å²) in [6, 6.07) is 0.166. The molecule has 1 heterocycles. The molecule has 1 aliphatic heterocycles. The monoisotopic (exact) mass is 215 g/mol. The molecule has 1 saturated heterocycles. The van der Waals surface area contributed by atoms with Crippen molar-refractivity contribution in [1.82, 2.24) is 4.90 Å². The standard InChI is InChI=1S/C11H21NO3/c1-3-15-11(14)7-9(2)12-6-4-5-10(13)8-12/h9-10,13H,3-8H2,1-2H3. The molecule has 0 amide bonds. The van der Waals surface area contributed by atoms with E-state index in [1.807, 2.05) is 13.8 Å². The lowest BCUT2D eigenvalue weighted by molar-refractivity contribution is -0.144. The van der Waals surface area contributed by atoms with Gasteiger partial charge < -0.3 is 9.84 Å². The topological polar surface area (TPSA) is 49.8 Å². The summed E-state index contributed by atoms with van der Waals surface area (Å²) in [5.74, 6) is -0.148. The van der Waals surface area contributed by atoms with Crippen molar-refractivity contribution < 1.29 is 14.6 Å². The molecule has 0 radical (unpaired) electrons. The van der Waals surface area contributed by atoms with Crippen LogP contribution >= 0.6 is 0 Å². The molecule has 88 valence electrons. The summed E-state index contributed by atoms with van der Waals surface area (Å²) in [7, 11) is 0. The fourth-order valence-electron chi connectivity index (χ4n) is 1.97. The van der Waals surface area contributed by atoms with Crippen molar-refractivity contribution in [3.05, 3.63) is 0 Å². The van der Waals surface area contributed by atoms with E-state index in [2.05, 4.69) is 4.90 Å². The molecule has 0 aromatic carbocycles. The number of likely N-dealkylation sites (tertiary alicyclic amines) is 1. The number of piperidine rings is 1. The van der Waals surface area contributed by atoms with Gasteiger partial charge in [-0.3, -0.25) is 9.69 Å². The Morgan fingerprint density at radius 3 is 3.00 bits per heavy atom. The second kappa shape index (κ2) is 6.08. The third-order valence-electron chi connectivity index (χ3n) is 2.82. The molecular formula is C11H21NO3. The first-order valence-electron chi connectivity index (χ1n) is 5.71. The Bertz CT molecular complexity index is 208. The average molecular weight is 215 g/mol. The molecule has 1 rings (SSSR count). The molecule has 0 aliphatic carbocycles. The highest BCUT2D eigenvalue weighted by molar-refractivity contribution is 5.70. The number of carbonyl (C=O) groups is 1. The summed E-state index contributed by atoms with van der Waals surface area (Å²) in [6.07, 6.45) is 2.07. The van der Waals surface area contributed by atoms with Crippen LogP contribution < -0.4 is 0 Å². The minimum Gasteiger partial charge on any atom is -0.466 e. The number of β-amino-alcohol motifs (C(OH)–C–C–N with tert-alkyl or cyclic N) is 1. The zero-order valence-electron chi connectivity index (χ0n) is 9.61. The Balaban J connectivity index is 2.32. The highest BCUT2D eigenvalue weighted by Gasteiger charge is 2.23. The number of nitrogens with zero attached hydrogens (tertiary/aromatic N) is 1. The van der Waals surface area contributed by atoms with Gasteiger partial charge in [0.2, 0.25) is 0 Å². The van der Waals surface area contributed by atoms with E-state index in [0.29, 0.717) is 19.6 Å². The zero-order chi connectivity index (χ0) is 11.3. The first-order chi connectivity index (χ1) is 7.13. The highest BCUT2D eigenvalue weighted by atomic mass is 16.5. The molecule has 0 saturated carbocycles. The van der Waals surface area contributed by atoms with Crippen LogP contribution in [0.15, 0.2) is 0 Å². The summed E-state index contributed by atoms with van der Waals surface area (Å²) < 4.78 is 4.90. The van der Waals surface area contributed by atoms with E-state index in [-0.39, 0.29) is 18.1 Å². The van der Waals surface area contributed by atoms with Gasteiger partial charge in [0.1, 0.15) is 0 Å². The molecule has 4 nitrogen and oxygen atoms in total. The molecule has 0 spiro atoms. The SMILES string of the molecule is CCOC(=O)CC(C)N1CCCC(O)C1. The van der Waals surface area contributed by atoms with Crippen LogP contribution in [0.4, 0.5) is 0 Å². The highest BCUT2D eigenvalue weighted by Crippen LogP contribution is 2.14.